The van der Waals surface area contributed by atoms with Gasteiger partial charge in [0.25, 0.3) is 0 Å². The second kappa shape index (κ2) is 9.26. The Morgan fingerprint density at radius 1 is 1.33 bits per heavy atom. The van der Waals surface area contributed by atoms with E-state index < -0.39 is 0 Å². The highest BCUT2D eigenvalue weighted by Crippen LogP contribution is 1.89. The number of nitrogens with one attached hydrogen (secondary N) is 1. The van der Waals surface area contributed by atoms with Crippen LogP contribution in [0.25, 0.3) is 0 Å². The zero-order valence-corrected chi connectivity index (χ0v) is 8.56. The molecule has 0 aromatic rings. The van der Waals surface area contributed by atoms with Crippen molar-refractivity contribution in [3.8, 4) is 0 Å². The number of methoxy groups -OCH3 is 2. The van der Waals surface area contributed by atoms with Crippen molar-refractivity contribution in [1.29, 1.82) is 0 Å². The van der Waals surface area contributed by atoms with Gasteiger partial charge in [-0.25, -0.2) is 0 Å². The van der Waals surface area contributed by atoms with Crippen LogP contribution in [-0.2, 0) is 9.47 Å². The fourth-order valence-corrected chi connectivity index (χ4v) is 1.08. The lowest BCUT2D eigenvalue weighted by atomic mass is 10.3. The van der Waals surface area contributed by atoms with Crippen molar-refractivity contribution in [3.05, 3.63) is 0 Å². The Bertz CT molecular complexity index is 93.1. The lowest BCUT2D eigenvalue weighted by Crippen LogP contribution is -2.35. The van der Waals surface area contributed by atoms with E-state index in [0.717, 1.165) is 19.6 Å². The molecule has 0 aromatic heterocycles. The summed E-state index contributed by atoms with van der Waals surface area (Å²) in [7, 11) is 3.38. The van der Waals surface area contributed by atoms with Crippen LogP contribution in [-0.4, -0.2) is 45.9 Å². The van der Waals surface area contributed by atoms with Crippen LogP contribution in [0.3, 0.4) is 0 Å². The van der Waals surface area contributed by atoms with E-state index in [2.05, 4.69) is 5.32 Å². The predicted octanol–water partition coefficient (Wildman–Crippen LogP) is 0.866. The Kier molecular flexibility index (Phi) is 9.39. The zero-order chi connectivity index (χ0) is 9.23. The maximum Gasteiger partial charge on any atom is 0.0627 e. The Labute approximate surface area is 79.4 Å². The molecule has 0 aliphatic rings. The summed E-state index contributed by atoms with van der Waals surface area (Å²) < 4.78 is 9.89. The van der Waals surface area contributed by atoms with E-state index in [1.807, 2.05) is 0 Å². The molecule has 0 aliphatic carbocycles. The van der Waals surface area contributed by atoms with Gasteiger partial charge in [-0.2, -0.15) is 0 Å². The fraction of sp³-hybridized carbons (Fsp3) is 1.00. The summed E-state index contributed by atoms with van der Waals surface area (Å²) in [5.74, 6) is 0.584. The molecule has 0 amide bonds. The highest BCUT2D eigenvalue weighted by atomic mass is 35.5. The van der Waals surface area contributed by atoms with Gasteiger partial charge in [0.15, 0.2) is 0 Å². The molecule has 0 aliphatic heterocycles. The van der Waals surface area contributed by atoms with Crippen LogP contribution in [0.2, 0.25) is 0 Å². The van der Waals surface area contributed by atoms with Crippen molar-refractivity contribution >= 4 is 11.6 Å². The minimum Gasteiger partial charge on any atom is -0.385 e. The van der Waals surface area contributed by atoms with Gasteiger partial charge < -0.3 is 14.8 Å². The van der Waals surface area contributed by atoms with Crippen molar-refractivity contribution in [3.63, 3.8) is 0 Å². The Hall–Kier alpha value is 0.170. The van der Waals surface area contributed by atoms with E-state index in [9.17, 15) is 0 Å². The maximum atomic E-state index is 5.69. The number of rotatable bonds is 8. The molecular weight excluding hydrogens is 178 g/mol. The Morgan fingerprint density at radius 3 is 2.58 bits per heavy atom. The third-order valence-electron chi connectivity index (χ3n) is 1.51. The summed E-state index contributed by atoms with van der Waals surface area (Å²) in [6.07, 6.45) is 1.01. The number of hydrogen-bond acceptors (Lipinski definition) is 3. The van der Waals surface area contributed by atoms with Crippen molar-refractivity contribution in [2.45, 2.75) is 12.5 Å². The largest absolute Gasteiger partial charge is 0.385 e. The van der Waals surface area contributed by atoms with Gasteiger partial charge >= 0.3 is 0 Å². The molecule has 1 unspecified atom stereocenters. The molecule has 0 bridgehead atoms. The lowest BCUT2D eigenvalue weighted by molar-refractivity contribution is 0.166. The lowest BCUT2D eigenvalue weighted by Gasteiger charge is -2.14. The third-order valence-corrected chi connectivity index (χ3v) is 1.88. The van der Waals surface area contributed by atoms with Gasteiger partial charge in [0.2, 0.25) is 0 Å². The van der Waals surface area contributed by atoms with E-state index in [0.29, 0.717) is 12.5 Å². The van der Waals surface area contributed by atoms with Gasteiger partial charge in [-0.3, -0.25) is 0 Å². The van der Waals surface area contributed by atoms with Crippen LogP contribution >= 0.6 is 11.6 Å². The van der Waals surface area contributed by atoms with Crippen molar-refractivity contribution in [2.24, 2.45) is 0 Å². The fourth-order valence-electron chi connectivity index (χ4n) is 0.882. The van der Waals surface area contributed by atoms with Crippen molar-refractivity contribution in [1.82, 2.24) is 5.32 Å². The second-order valence-electron chi connectivity index (χ2n) is 2.61. The molecule has 74 valence electrons. The third kappa shape index (κ3) is 6.85. The molecule has 1 N–H and O–H groups in total. The summed E-state index contributed by atoms with van der Waals surface area (Å²) >= 11 is 5.69. The van der Waals surface area contributed by atoms with Gasteiger partial charge in [-0.05, 0) is 13.0 Å². The van der Waals surface area contributed by atoms with Crippen LogP contribution in [0.5, 0.6) is 0 Å². The monoisotopic (exact) mass is 195 g/mol. The van der Waals surface area contributed by atoms with E-state index in [1.165, 1.54) is 0 Å². The summed E-state index contributed by atoms with van der Waals surface area (Å²) in [5, 5.41) is 3.27. The first-order valence-electron chi connectivity index (χ1n) is 4.12. The molecule has 0 aromatic carbocycles. The van der Waals surface area contributed by atoms with Crippen molar-refractivity contribution < 1.29 is 9.47 Å². The van der Waals surface area contributed by atoms with Gasteiger partial charge in [0, 0.05) is 32.7 Å². The Balaban J connectivity index is 3.19. The quantitative estimate of drug-likeness (QED) is 0.461. The molecule has 1 atom stereocenters. The van der Waals surface area contributed by atoms with Gasteiger partial charge in [-0.1, -0.05) is 0 Å². The number of halogens is 1. The van der Waals surface area contributed by atoms with Crippen LogP contribution in [0.15, 0.2) is 0 Å². The molecule has 0 heterocycles. The van der Waals surface area contributed by atoms with Gasteiger partial charge in [0.05, 0.1) is 6.61 Å². The summed E-state index contributed by atoms with van der Waals surface area (Å²) in [6.45, 7) is 2.38. The smallest absolute Gasteiger partial charge is 0.0627 e. The molecule has 0 fully saturated rings. The number of alkyl halides is 1. The zero-order valence-electron chi connectivity index (χ0n) is 7.81. The summed E-state index contributed by atoms with van der Waals surface area (Å²) in [6, 6.07) is 0.258. The highest BCUT2D eigenvalue weighted by Gasteiger charge is 2.04. The minimum absolute atomic E-state index is 0.258. The first-order valence-corrected chi connectivity index (χ1v) is 4.65. The minimum atomic E-state index is 0.258. The molecule has 4 heteroatoms. The molecule has 0 radical (unpaired) electrons. The van der Waals surface area contributed by atoms with Gasteiger partial charge in [-0.15, -0.1) is 11.6 Å². The summed E-state index contributed by atoms with van der Waals surface area (Å²) in [5.41, 5.74) is 0. The van der Waals surface area contributed by atoms with Crippen LogP contribution < -0.4 is 5.32 Å². The van der Waals surface area contributed by atoms with E-state index in [4.69, 9.17) is 21.1 Å². The average molecular weight is 196 g/mol. The molecule has 0 rings (SSSR count). The molecule has 0 saturated heterocycles. The maximum absolute atomic E-state index is 5.69. The van der Waals surface area contributed by atoms with E-state index in [-0.39, 0.29) is 6.04 Å². The predicted molar refractivity (Wildman–Crippen MR) is 50.9 cm³/mol. The second-order valence-corrected chi connectivity index (χ2v) is 2.92. The number of ether oxygens (including phenoxy) is 2. The first-order chi connectivity index (χ1) is 5.85. The van der Waals surface area contributed by atoms with E-state index >= 15 is 0 Å². The molecule has 3 nitrogen and oxygen atoms in total. The van der Waals surface area contributed by atoms with E-state index in [1.54, 1.807) is 14.2 Å². The van der Waals surface area contributed by atoms with Crippen LogP contribution in [0.4, 0.5) is 0 Å². The molecular formula is C8H18ClNO2. The SMILES string of the molecule is COCCCNC(CCl)COC. The average Bonchev–Trinajstić information content (AvgIpc) is 2.10. The topological polar surface area (TPSA) is 30.5 Å². The van der Waals surface area contributed by atoms with Crippen LogP contribution in [0, 0.1) is 0 Å². The number of hydrogen-bond donors (Lipinski definition) is 1. The van der Waals surface area contributed by atoms with Crippen molar-refractivity contribution in [2.75, 3.05) is 39.9 Å². The standard InChI is InChI=1S/C8H18ClNO2/c1-11-5-3-4-10-8(6-9)7-12-2/h8,10H,3-7H2,1-2H3. The highest BCUT2D eigenvalue weighted by molar-refractivity contribution is 6.18. The Morgan fingerprint density at radius 2 is 2.08 bits per heavy atom. The molecule has 0 saturated carbocycles. The summed E-state index contributed by atoms with van der Waals surface area (Å²) in [4.78, 5) is 0. The van der Waals surface area contributed by atoms with Crippen LogP contribution in [0.1, 0.15) is 6.42 Å². The normalized spacial score (nSPS) is 13.2. The molecule has 12 heavy (non-hydrogen) atoms. The molecule has 0 spiro atoms. The first kappa shape index (κ1) is 12.2. The van der Waals surface area contributed by atoms with Gasteiger partial charge in [0.1, 0.15) is 0 Å².